The minimum absolute atomic E-state index is 0. The zero-order valence-corrected chi connectivity index (χ0v) is 25.3. The highest BCUT2D eigenvalue weighted by Gasteiger charge is 2.40. The summed E-state index contributed by atoms with van der Waals surface area (Å²) in [6.07, 6.45) is 3.23. The van der Waals surface area contributed by atoms with Gasteiger partial charge in [0.05, 0.1) is 46.3 Å². The maximum Gasteiger partial charge on any atom is 0.264 e. The van der Waals surface area contributed by atoms with E-state index in [4.69, 9.17) is 23.2 Å². The number of benzene rings is 3. The van der Waals surface area contributed by atoms with Gasteiger partial charge in [0.25, 0.3) is 10.0 Å². The minimum Gasteiger partial charge on any atom is -0.347 e. The van der Waals surface area contributed by atoms with E-state index in [-0.39, 0.29) is 46.2 Å². The summed E-state index contributed by atoms with van der Waals surface area (Å²) in [5.74, 6) is -0.741. The smallest absolute Gasteiger partial charge is 0.264 e. The second kappa shape index (κ2) is 13.4. The third-order valence-electron chi connectivity index (χ3n) is 7.26. The summed E-state index contributed by atoms with van der Waals surface area (Å²) < 4.78 is 29.6. The van der Waals surface area contributed by atoms with Gasteiger partial charge >= 0.3 is 0 Å². The van der Waals surface area contributed by atoms with Gasteiger partial charge in [0.1, 0.15) is 0 Å². The number of nitrogens with one attached hydrogen (secondary N) is 2. The number of carbonyl (C=O) groups is 2. The lowest BCUT2D eigenvalue weighted by atomic mass is 9.88. The van der Waals surface area contributed by atoms with Crippen molar-refractivity contribution < 1.29 is 18.0 Å². The van der Waals surface area contributed by atoms with Crippen molar-refractivity contribution in [2.75, 3.05) is 30.6 Å². The Morgan fingerprint density at radius 2 is 1.51 bits per heavy atom. The van der Waals surface area contributed by atoms with E-state index in [1.54, 1.807) is 12.1 Å². The molecule has 2 N–H and O–H groups in total. The summed E-state index contributed by atoms with van der Waals surface area (Å²) in [7, 11) is -4.18. The van der Waals surface area contributed by atoms with Crippen molar-refractivity contribution in [2.45, 2.75) is 36.6 Å². The van der Waals surface area contributed by atoms with Gasteiger partial charge in [-0.05, 0) is 61.3 Å². The normalized spacial score (nSPS) is 16.6. The molecule has 2 heterocycles. The highest BCUT2D eigenvalue weighted by atomic mass is 35.5. The van der Waals surface area contributed by atoms with Crippen LogP contribution < -0.4 is 14.9 Å². The van der Waals surface area contributed by atoms with Crippen molar-refractivity contribution in [2.24, 2.45) is 0 Å². The molecule has 2 aliphatic rings. The topological polar surface area (TPSA) is 98.8 Å². The summed E-state index contributed by atoms with van der Waals surface area (Å²) in [4.78, 5) is 27.7. The Hall–Kier alpha value is -2.82. The Balaban J connectivity index is 0.00000387. The number of likely N-dealkylation sites (tertiary alicyclic amines) is 1. The zero-order valence-electron chi connectivity index (χ0n) is 22.2. The molecule has 12 heteroatoms. The van der Waals surface area contributed by atoms with Crippen LogP contribution in [0.5, 0.6) is 0 Å². The van der Waals surface area contributed by atoms with Crippen LogP contribution >= 0.6 is 35.6 Å². The molecule has 0 aliphatic carbocycles. The van der Waals surface area contributed by atoms with Gasteiger partial charge < -0.3 is 10.6 Å². The summed E-state index contributed by atoms with van der Waals surface area (Å²) in [6, 6.07) is 17.9. The molecule has 3 aromatic carbocycles. The third-order valence-corrected chi connectivity index (χ3v) is 9.81. The Labute approximate surface area is 256 Å². The summed E-state index contributed by atoms with van der Waals surface area (Å²) in [5, 5.41) is 5.86. The van der Waals surface area contributed by atoms with E-state index in [9.17, 15) is 18.0 Å². The molecule has 0 aromatic heterocycles. The Morgan fingerprint density at radius 3 is 2.24 bits per heavy atom. The molecule has 0 spiro atoms. The molecule has 41 heavy (non-hydrogen) atoms. The quantitative estimate of drug-likeness (QED) is 0.345. The molecule has 1 unspecified atom stereocenters. The van der Waals surface area contributed by atoms with Crippen molar-refractivity contribution in [3.8, 4) is 11.1 Å². The van der Waals surface area contributed by atoms with Gasteiger partial charge in [0.2, 0.25) is 11.8 Å². The number of carbonyl (C=O) groups excluding carboxylic acids is 2. The molecule has 1 fully saturated rings. The first-order chi connectivity index (χ1) is 19.3. The second-order valence-electron chi connectivity index (χ2n) is 9.91. The fourth-order valence-electron chi connectivity index (χ4n) is 5.27. The minimum atomic E-state index is -4.18. The average Bonchev–Trinajstić information content (AvgIpc) is 2.97. The molecule has 1 atom stereocenters. The molecule has 0 saturated carbocycles. The SMILES string of the molecule is Cl.O=C(CNC(=O)CC1c2ccccc2-c2ccccc2N1S(=O)(=O)c1ccc(Cl)c(Cl)c1)NCN1CCCCC1. The van der Waals surface area contributed by atoms with Crippen LogP contribution in [0, 0.1) is 0 Å². The van der Waals surface area contributed by atoms with Gasteiger partial charge in [-0.1, -0.05) is 72.1 Å². The highest BCUT2D eigenvalue weighted by Crippen LogP contribution is 2.48. The van der Waals surface area contributed by atoms with Crippen LogP contribution in [0.15, 0.2) is 71.6 Å². The summed E-state index contributed by atoms with van der Waals surface area (Å²) in [5.41, 5.74) is 2.71. The molecule has 8 nitrogen and oxygen atoms in total. The number of sulfonamides is 1. The largest absolute Gasteiger partial charge is 0.347 e. The predicted molar refractivity (Wildman–Crippen MR) is 164 cm³/mol. The van der Waals surface area contributed by atoms with Crippen LogP contribution in [0.1, 0.15) is 37.3 Å². The number of nitrogens with zero attached hydrogens (tertiary/aromatic N) is 2. The molecule has 2 aliphatic heterocycles. The maximum absolute atomic E-state index is 14.1. The lowest BCUT2D eigenvalue weighted by Gasteiger charge is -2.39. The lowest BCUT2D eigenvalue weighted by Crippen LogP contribution is -2.45. The fraction of sp³-hybridized carbons (Fsp3) is 0.310. The number of para-hydroxylation sites is 1. The van der Waals surface area contributed by atoms with Gasteiger partial charge in [-0.2, -0.15) is 0 Å². The number of fused-ring (bicyclic) bond motifs is 3. The summed E-state index contributed by atoms with van der Waals surface area (Å²) >= 11 is 12.2. The molecule has 1 saturated heterocycles. The van der Waals surface area contributed by atoms with Crippen molar-refractivity contribution >= 4 is 63.1 Å². The van der Waals surface area contributed by atoms with E-state index in [0.29, 0.717) is 17.9 Å². The molecule has 3 aromatic rings. The number of hydrogen-bond donors (Lipinski definition) is 2. The first-order valence-corrected chi connectivity index (χ1v) is 15.4. The Bertz CT molecular complexity index is 1530. The van der Waals surface area contributed by atoms with E-state index < -0.39 is 22.0 Å². The predicted octanol–water partition coefficient (Wildman–Crippen LogP) is 5.40. The van der Waals surface area contributed by atoms with Crippen LogP contribution in [0.25, 0.3) is 11.1 Å². The fourth-order valence-corrected chi connectivity index (χ4v) is 7.31. The second-order valence-corrected chi connectivity index (χ2v) is 12.5. The lowest BCUT2D eigenvalue weighted by molar-refractivity contribution is -0.126. The summed E-state index contributed by atoms with van der Waals surface area (Å²) in [6.45, 7) is 2.13. The number of piperidine rings is 1. The molecule has 0 radical (unpaired) electrons. The Kier molecular flexibility index (Phi) is 10.2. The average molecular weight is 638 g/mol. The van der Waals surface area contributed by atoms with Crippen LogP contribution in [-0.2, 0) is 19.6 Å². The number of hydrogen-bond acceptors (Lipinski definition) is 5. The van der Waals surface area contributed by atoms with Crippen LogP contribution in [0.3, 0.4) is 0 Å². The third kappa shape index (κ3) is 6.81. The van der Waals surface area contributed by atoms with Crippen molar-refractivity contribution in [3.63, 3.8) is 0 Å². The first-order valence-electron chi connectivity index (χ1n) is 13.2. The van der Waals surface area contributed by atoms with Crippen molar-refractivity contribution in [3.05, 3.63) is 82.3 Å². The maximum atomic E-state index is 14.1. The van der Waals surface area contributed by atoms with Gasteiger partial charge in [-0.3, -0.25) is 18.8 Å². The van der Waals surface area contributed by atoms with Crippen LogP contribution in [0.2, 0.25) is 10.0 Å². The Morgan fingerprint density at radius 1 is 0.829 bits per heavy atom. The molecule has 5 rings (SSSR count). The number of amides is 2. The van der Waals surface area contributed by atoms with E-state index in [1.807, 2.05) is 36.4 Å². The molecule has 218 valence electrons. The van der Waals surface area contributed by atoms with E-state index in [0.717, 1.165) is 37.1 Å². The number of halogens is 3. The zero-order chi connectivity index (χ0) is 28.3. The monoisotopic (exact) mass is 636 g/mol. The first kappa shape index (κ1) is 31.1. The van der Waals surface area contributed by atoms with Gasteiger partial charge in [0.15, 0.2) is 0 Å². The van der Waals surface area contributed by atoms with Gasteiger partial charge in [-0.25, -0.2) is 8.42 Å². The molecular formula is C29H31Cl3N4O4S. The molecule has 0 bridgehead atoms. The van der Waals surface area contributed by atoms with Crippen molar-refractivity contribution in [1.82, 2.24) is 15.5 Å². The number of rotatable bonds is 8. The van der Waals surface area contributed by atoms with Crippen molar-refractivity contribution in [1.29, 1.82) is 0 Å². The number of anilines is 1. The van der Waals surface area contributed by atoms with Crippen LogP contribution in [-0.4, -0.2) is 51.4 Å². The highest BCUT2D eigenvalue weighted by molar-refractivity contribution is 7.92. The van der Waals surface area contributed by atoms with Crippen LogP contribution in [0.4, 0.5) is 5.69 Å². The molecular weight excluding hydrogens is 607 g/mol. The van der Waals surface area contributed by atoms with E-state index >= 15 is 0 Å². The van der Waals surface area contributed by atoms with Gasteiger partial charge in [0, 0.05) is 5.56 Å². The van der Waals surface area contributed by atoms with Gasteiger partial charge in [-0.15, -0.1) is 12.4 Å². The van der Waals surface area contributed by atoms with E-state index in [2.05, 4.69) is 15.5 Å². The standard InChI is InChI=1S/C29H30Cl2N4O4S.ClH/c30-24-13-12-20(16-25(24)31)40(38,39)35-26-11-5-4-9-22(26)21-8-2-3-10-23(21)27(35)17-28(36)32-18-29(37)33-19-34-14-6-1-7-15-34;/h2-5,8-13,16,27H,1,6-7,14-15,17-19H2,(H,32,36)(H,33,37);1H. The van der Waals surface area contributed by atoms with E-state index in [1.165, 1.54) is 28.9 Å². The molecule has 2 amide bonds.